The van der Waals surface area contributed by atoms with Crippen molar-refractivity contribution in [2.75, 3.05) is 20.2 Å². The fourth-order valence-electron chi connectivity index (χ4n) is 4.96. The minimum absolute atomic E-state index is 0.0262. The lowest BCUT2D eigenvalue weighted by atomic mass is 9.76. The topological polar surface area (TPSA) is 86.4 Å². The van der Waals surface area contributed by atoms with Gasteiger partial charge in [0.1, 0.15) is 11.6 Å². The molecule has 8 heteroatoms. The summed E-state index contributed by atoms with van der Waals surface area (Å²) in [4.78, 5) is 40.3. The molecule has 33 heavy (non-hydrogen) atoms. The van der Waals surface area contributed by atoms with Crippen LogP contribution in [0.3, 0.4) is 0 Å². The lowest BCUT2D eigenvalue weighted by Crippen LogP contribution is -2.48. The molecule has 3 heterocycles. The zero-order chi connectivity index (χ0) is 23.0. The molecule has 2 aliphatic heterocycles. The Hall–Kier alpha value is -3.68. The van der Waals surface area contributed by atoms with Crippen molar-refractivity contribution in [3.8, 4) is 5.75 Å². The maximum Gasteiger partial charge on any atom is 0.332 e. The van der Waals surface area contributed by atoms with E-state index in [2.05, 4.69) is 5.10 Å². The van der Waals surface area contributed by atoms with Crippen LogP contribution in [-0.2, 0) is 18.5 Å². The van der Waals surface area contributed by atoms with Crippen LogP contribution >= 0.6 is 0 Å². The molecule has 0 unspecified atom stereocenters. The molecule has 0 bridgehead atoms. The second-order valence-electron chi connectivity index (χ2n) is 8.78. The van der Waals surface area contributed by atoms with Gasteiger partial charge in [0.25, 0.3) is 5.91 Å². The van der Waals surface area contributed by atoms with Crippen molar-refractivity contribution in [3.05, 3.63) is 92.3 Å². The summed E-state index contributed by atoms with van der Waals surface area (Å²) in [6.45, 7) is 1.91. The summed E-state index contributed by atoms with van der Waals surface area (Å²) in [7, 11) is 1.60. The number of ether oxygens (including phenoxy) is 1. The van der Waals surface area contributed by atoms with E-state index in [0.29, 0.717) is 31.0 Å². The molecule has 1 saturated heterocycles. The predicted octanol–water partition coefficient (Wildman–Crippen LogP) is 2.04. The maximum absolute atomic E-state index is 12.9. The highest BCUT2D eigenvalue weighted by atomic mass is 16.5. The third kappa shape index (κ3) is 3.75. The lowest BCUT2D eigenvalue weighted by Gasteiger charge is -2.38. The van der Waals surface area contributed by atoms with Crippen molar-refractivity contribution in [2.24, 2.45) is 0 Å². The fourth-order valence-corrected chi connectivity index (χ4v) is 4.96. The first-order valence-corrected chi connectivity index (χ1v) is 11.2. The van der Waals surface area contributed by atoms with Crippen molar-refractivity contribution in [1.29, 1.82) is 0 Å². The first kappa shape index (κ1) is 21.2. The van der Waals surface area contributed by atoms with Crippen LogP contribution in [-0.4, -0.2) is 45.4 Å². The molecule has 0 saturated carbocycles. The van der Waals surface area contributed by atoms with E-state index in [4.69, 9.17) is 4.74 Å². The van der Waals surface area contributed by atoms with Gasteiger partial charge in [-0.2, -0.15) is 5.10 Å². The normalized spacial score (nSPS) is 16.6. The monoisotopic (exact) mass is 446 g/mol. The molecule has 1 fully saturated rings. The summed E-state index contributed by atoms with van der Waals surface area (Å²) in [6.07, 6.45) is 2.20. The van der Waals surface area contributed by atoms with E-state index >= 15 is 0 Å². The number of piperidine rings is 1. The molecule has 0 N–H and O–H groups in total. The number of amides is 1. The van der Waals surface area contributed by atoms with Crippen LogP contribution in [0.15, 0.2) is 64.2 Å². The highest BCUT2D eigenvalue weighted by Crippen LogP contribution is 2.41. The lowest BCUT2D eigenvalue weighted by molar-refractivity contribution is 0.0662. The SMILES string of the molecule is COc1ccc(Cn2nc3n(c(=O)c2=O)CCC32CCN(C(=O)c3ccccc3)CC2)cc1. The first-order chi connectivity index (χ1) is 16.0. The van der Waals surface area contributed by atoms with Gasteiger partial charge in [-0.15, -0.1) is 0 Å². The van der Waals surface area contributed by atoms with Crippen molar-refractivity contribution in [1.82, 2.24) is 19.2 Å². The van der Waals surface area contributed by atoms with E-state index in [0.717, 1.165) is 30.6 Å². The second kappa shape index (κ2) is 8.35. The molecule has 5 rings (SSSR count). The molecule has 2 aromatic carbocycles. The minimum atomic E-state index is -0.608. The standard InChI is InChI=1S/C25H26N4O4/c1-33-20-9-7-18(8-10-20)17-29-23(32)22(31)28-16-13-25(24(28)26-29)11-14-27(15-12-25)21(30)19-5-3-2-4-6-19/h2-10H,11-17H2,1H3. The van der Waals surface area contributed by atoms with Gasteiger partial charge in [-0.05, 0) is 49.1 Å². The molecule has 170 valence electrons. The number of hydrogen-bond acceptors (Lipinski definition) is 5. The average Bonchev–Trinajstić information content (AvgIpc) is 3.21. The van der Waals surface area contributed by atoms with Crippen molar-refractivity contribution >= 4 is 5.91 Å². The molecule has 2 aliphatic rings. The van der Waals surface area contributed by atoms with E-state index in [1.807, 2.05) is 59.5 Å². The van der Waals surface area contributed by atoms with Crippen LogP contribution in [0.1, 0.15) is 41.0 Å². The highest BCUT2D eigenvalue weighted by molar-refractivity contribution is 5.94. The van der Waals surface area contributed by atoms with Crippen molar-refractivity contribution in [3.63, 3.8) is 0 Å². The third-order valence-electron chi connectivity index (χ3n) is 6.94. The van der Waals surface area contributed by atoms with E-state index in [1.54, 1.807) is 11.7 Å². The summed E-state index contributed by atoms with van der Waals surface area (Å²) in [5.74, 6) is 1.43. The van der Waals surface area contributed by atoms with Crippen LogP contribution in [0.4, 0.5) is 0 Å². The number of likely N-dealkylation sites (tertiary alicyclic amines) is 1. The van der Waals surface area contributed by atoms with Gasteiger partial charge in [-0.25, -0.2) is 4.68 Å². The van der Waals surface area contributed by atoms with E-state index in [1.165, 1.54) is 4.68 Å². The number of hydrogen-bond donors (Lipinski definition) is 0. The zero-order valence-corrected chi connectivity index (χ0v) is 18.6. The van der Waals surface area contributed by atoms with E-state index in [9.17, 15) is 14.4 Å². The van der Waals surface area contributed by atoms with E-state index in [-0.39, 0.29) is 17.9 Å². The van der Waals surface area contributed by atoms with Crippen LogP contribution in [0.25, 0.3) is 0 Å². The Kier molecular flexibility index (Phi) is 5.36. The van der Waals surface area contributed by atoms with Crippen molar-refractivity contribution in [2.45, 2.75) is 37.8 Å². The number of aromatic nitrogens is 3. The number of fused-ring (bicyclic) bond motifs is 2. The quantitative estimate of drug-likeness (QED) is 0.573. The molecule has 3 aromatic rings. The Balaban J connectivity index is 1.40. The highest BCUT2D eigenvalue weighted by Gasteiger charge is 2.45. The van der Waals surface area contributed by atoms with Gasteiger partial charge < -0.3 is 9.64 Å². The van der Waals surface area contributed by atoms with Crippen LogP contribution in [0.5, 0.6) is 5.75 Å². The molecule has 1 amide bonds. The smallest absolute Gasteiger partial charge is 0.332 e. The molecule has 0 radical (unpaired) electrons. The van der Waals surface area contributed by atoms with Gasteiger partial charge in [-0.3, -0.25) is 19.0 Å². The largest absolute Gasteiger partial charge is 0.497 e. The summed E-state index contributed by atoms with van der Waals surface area (Å²) in [6, 6.07) is 16.7. The number of carbonyl (C=O) groups excluding carboxylic acids is 1. The number of benzene rings is 2. The Morgan fingerprint density at radius 3 is 2.27 bits per heavy atom. The summed E-state index contributed by atoms with van der Waals surface area (Å²) >= 11 is 0. The van der Waals surface area contributed by atoms with Crippen LogP contribution in [0, 0.1) is 0 Å². The average molecular weight is 447 g/mol. The zero-order valence-electron chi connectivity index (χ0n) is 18.6. The molecule has 0 aliphatic carbocycles. The van der Waals surface area contributed by atoms with E-state index < -0.39 is 11.1 Å². The number of carbonyl (C=O) groups is 1. The maximum atomic E-state index is 12.9. The second-order valence-corrected chi connectivity index (χ2v) is 8.78. The third-order valence-corrected chi connectivity index (χ3v) is 6.94. The summed E-state index contributed by atoms with van der Waals surface area (Å²) < 4.78 is 8.01. The van der Waals surface area contributed by atoms with Crippen LogP contribution < -0.4 is 15.9 Å². The van der Waals surface area contributed by atoms with Gasteiger partial charge in [-0.1, -0.05) is 30.3 Å². The molecule has 0 atom stereocenters. The summed E-state index contributed by atoms with van der Waals surface area (Å²) in [5.41, 5.74) is 0.131. The Morgan fingerprint density at radius 1 is 0.939 bits per heavy atom. The molecular formula is C25H26N4O4. The fraction of sp³-hybridized carbons (Fsp3) is 0.360. The Labute approximate surface area is 191 Å². The molecular weight excluding hydrogens is 420 g/mol. The number of nitrogens with zero attached hydrogens (tertiary/aromatic N) is 4. The Morgan fingerprint density at radius 2 is 1.61 bits per heavy atom. The van der Waals surface area contributed by atoms with Gasteiger partial charge in [0.15, 0.2) is 0 Å². The van der Waals surface area contributed by atoms with Gasteiger partial charge in [0.05, 0.1) is 13.7 Å². The number of methoxy groups -OCH3 is 1. The Bertz CT molecular complexity index is 1290. The molecule has 1 spiro atoms. The van der Waals surface area contributed by atoms with Crippen molar-refractivity contribution < 1.29 is 9.53 Å². The van der Waals surface area contributed by atoms with Gasteiger partial charge >= 0.3 is 11.1 Å². The predicted molar refractivity (Wildman–Crippen MR) is 123 cm³/mol. The first-order valence-electron chi connectivity index (χ1n) is 11.2. The van der Waals surface area contributed by atoms with Gasteiger partial charge in [0.2, 0.25) is 0 Å². The molecule has 1 aromatic heterocycles. The van der Waals surface area contributed by atoms with Crippen LogP contribution in [0.2, 0.25) is 0 Å². The molecule has 8 nitrogen and oxygen atoms in total. The number of rotatable bonds is 4. The minimum Gasteiger partial charge on any atom is -0.497 e. The van der Waals surface area contributed by atoms with Gasteiger partial charge in [0, 0.05) is 30.6 Å². The summed E-state index contributed by atoms with van der Waals surface area (Å²) in [5, 5.41) is 4.69.